The molecule has 2 fully saturated rings. The Kier molecular flexibility index (Phi) is 24.5. The molecule has 1 heterocycles. The molecule has 29 heavy (non-hydrogen) atoms. The number of ether oxygens (including phenoxy) is 3. The predicted molar refractivity (Wildman–Crippen MR) is 91.6 cm³/mol. The van der Waals surface area contributed by atoms with Crippen molar-refractivity contribution in [3.05, 3.63) is 45.3 Å². The Morgan fingerprint density at radius 3 is 2.31 bits per heavy atom. The summed E-state index contributed by atoms with van der Waals surface area (Å²) in [4.78, 5) is 11.4. The van der Waals surface area contributed by atoms with Crippen LogP contribution < -0.4 is 5.32 Å². The maximum absolute atomic E-state index is 11.4. The summed E-state index contributed by atoms with van der Waals surface area (Å²) >= 11 is 0. The van der Waals surface area contributed by atoms with Crippen molar-refractivity contribution in [2.45, 2.75) is 32.0 Å². The molecule has 1 aliphatic carbocycles. The van der Waals surface area contributed by atoms with Gasteiger partial charge in [-0.1, -0.05) is 0 Å². The summed E-state index contributed by atoms with van der Waals surface area (Å²) in [6, 6.07) is 0. The third-order valence-electron chi connectivity index (χ3n) is 4.07. The van der Waals surface area contributed by atoms with Gasteiger partial charge >= 0.3 is 33.9 Å². The summed E-state index contributed by atoms with van der Waals surface area (Å²) in [6.07, 6.45) is 9.34. The molecule has 2 aliphatic rings. The first-order valence-corrected chi connectivity index (χ1v) is 8.35. The molecule has 10 heteroatoms. The van der Waals surface area contributed by atoms with Crippen LogP contribution in [0.2, 0.25) is 0 Å². The second-order valence-corrected chi connectivity index (χ2v) is 5.58. The SMILES string of the molecule is CO[C]1[CH][CH]C(CCCNC(=O)CCO)(C2OCCO2)C[CH]1.[C-]#[O+].[C-]#[O+].[C-]#[O+].[Fe]. The molecule has 0 aromatic heterocycles. The molecule has 9 nitrogen and oxygen atoms in total. The van der Waals surface area contributed by atoms with Crippen molar-refractivity contribution in [3.63, 3.8) is 0 Å². The van der Waals surface area contributed by atoms with E-state index in [1.165, 1.54) is 0 Å². The molecule has 0 spiro atoms. The van der Waals surface area contributed by atoms with Crippen molar-refractivity contribution in [1.29, 1.82) is 0 Å². The largest absolute Gasteiger partial charge is 0 e. The van der Waals surface area contributed by atoms with Gasteiger partial charge in [0.05, 0.1) is 19.8 Å². The topological polar surface area (TPSA) is 137 Å². The molecule has 0 aromatic rings. The molecule has 1 saturated carbocycles. The van der Waals surface area contributed by atoms with Crippen molar-refractivity contribution in [2.75, 3.05) is 33.5 Å². The molecule has 162 valence electrons. The summed E-state index contributed by atoms with van der Waals surface area (Å²) < 4.78 is 39.2. The zero-order valence-corrected chi connectivity index (χ0v) is 17.2. The number of nitrogens with one attached hydrogen (secondary N) is 1. The third-order valence-corrected chi connectivity index (χ3v) is 4.07. The first-order chi connectivity index (χ1) is 13.7. The van der Waals surface area contributed by atoms with E-state index in [9.17, 15) is 4.79 Å². The van der Waals surface area contributed by atoms with E-state index < -0.39 is 0 Å². The van der Waals surface area contributed by atoms with Crippen molar-refractivity contribution in [2.24, 2.45) is 5.41 Å². The van der Waals surface area contributed by atoms with Gasteiger partial charge in [0.25, 0.3) is 0 Å². The number of carbonyl (C=O) groups excluding carboxylic acids is 1. The van der Waals surface area contributed by atoms with Gasteiger partial charge in [-0.25, -0.2) is 0 Å². The molecule has 0 aromatic carbocycles. The van der Waals surface area contributed by atoms with Crippen molar-refractivity contribution in [1.82, 2.24) is 5.32 Å². The van der Waals surface area contributed by atoms with Crippen LogP contribution in [0.5, 0.6) is 0 Å². The van der Waals surface area contributed by atoms with Gasteiger partial charge in [0, 0.05) is 49.0 Å². The van der Waals surface area contributed by atoms with E-state index >= 15 is 0 Å². The molecular formula is C19H25FeNO8. The zero-order valence-electron chi connectivity index (χ0n) is 16.1. The van der Waals surface area contributed by atoms with E-state index in [2.05, 4.69) is 38.1 Å². The summed E-state index contributed by atoms with van der Waals surface area (Å²) in [5, 5.41) is 11.5. The average Bonchev–Trinajstić information content (AvgIpc) is 3.32. The van der Waals surface area contributed by atoms with Crippen LogP contribution in [0.4, 0.5) is 0 Å². The van der Waals surface area contributed by atoms with Gasteiger partial charge in [-0.2, -0.15) is 0 Å². The number of hydrogen-bond donors (Lipinski definition) is 2. The van der Waals surface area contributed by atoms with Gasteiger partial charge in [0.15, 0.2) is 6.29 Å². The van der Waals surface area contributed by atoms with Crippen LogP contribution in [0.1, 0.15) is 25.7 Å². The summed E-state index contributed by atoms with van der Waals surface area (Å²) in [7, 11) is 1.66. The van der Waals surface area contributed by atoms with Gasteiger partial charge in [-0.3, -0.25) is 4.79 Å². The van der Waals surface area contributed by atoms with Gasteiger partial charge in [0.2, 0.25) is 5.91 Å². The zero-order chi connectivity index (χ0) is 21.8. The smallest absolute Gasteiger partial charge is 0 e. The van der Waals surface area contributed by atoms with Crippen molar-refractivity contribution >= 4 is 5.91 Å². The fraction of sp³-hybridized carbons (Fsp3) is 0.579. The Balaban J connectivity index is -0.000000883. The van der Waals surface area contributed by atoms with Gasteiger partial charge < -0.3 is 24.6 Å². The number of hydrogen-bond acceptors (Lipinski definition) is 5. The number of methoxy groups -OCH3 is 1. The maximum atomic E-state index is 11.4. The minimum Gasteiger partial charge on any atom is 0 e. The van der Waals surface area contributed by atoms with E-state index in [1.807, 2.05) is 6.42 Å². The van der Waals surface area contributed by atoms with E-state index in [0.717, 1.165) is 25.4 Å². The van der Waals surface area contributed by atoms with E-state index in [1.54, 1.807) is 7.11 Å². The molecule has 1 amide bonds. The molecule has 0 bridgehead atoms. The van der Waals surface area contributed by atoms with Crippen LogP contribution in [0.15, 0.2) is 0 Å². The van der Waals surface area contributed by atoms with Gasteiger partial charge in [-0.05, 0) is 32.1 Å². The Morgan fingerprint density at radius 1 is 1.28 bits per heavy atom. The molecule has 2 N–H and O–H groups in total. The first kappa shape index (κ1) is 32.7. The number of rotatable bonds is 8. The third kappa shape index (κ3) is 12.4. The minimum absolute atomic E-state index is 0. The second kappa shape index (κ2) is 21.8. The van der Waals surface area contributed by atoms with Crippen LogP contribution in [0, 0.1) is 50.7 Å². The average molecular weight is 451 g/mol. The Morgan fingerprint density at radius 2 is 1.86 bits per heavy atom. The summed E-state index contributed by atoms with van der Waals surface area (Å²) in [5.74, 6) is -0.120. The first-order valence-electron chi connectivity index (χ1n) is 8.35. The number of amides is 1. The Labute approximate surface area is 182 Å². The standard InChI is InChI=1S/C16H25NO5.3CO.Fe/c1-20-13-3-7-16(8-4-13,15-21-11-12-22-15)6-2-9-17-14(19)5-10-18;3*1-2;/h3-4,7,15,18H,2,5-6,8-12H2,1H3,(H,17,19);;;;. The van der Waals surface area contributed by atoms with Crippen molar-refractivity contribution in [3.8, 4) is 0 Å². The quantitative estimate of drug-likeness (QED) is 0.242. The monoisotopic (exact) mass is 451 g/mol. The van der Waals surface area contributed by atoms with E-state index in [-0.39, 0.29) is 47.7 Å². The number of aliphatic hydroxyl groups is 1. The van der Waals surface area contributed by atoms with E-state index in [0.29, 0.717) is 19.8 Å². The minimum atomic E-state index is -0.244. The van der Waals surface area contributed by atoms with E-state index in [4.69, 9.17) is 33.3 Å². The van der Waals surface area contributed by atoms with Crippen molar-refractivity contribution < 1.29 is 55.1 Å². The normalized spacial score (nSPS) is 17.5. The Bertz CT molecular complexity index is 441. The molecule has 1 aliphatic heterocycles. The van der Waals surface area contributed by atoms with Crippen LogP contribution >= 0.6 is 0 Å². The molecule has 2 rings (SSSR count). The van der Waals surface area contributed by atoms with Crippen LogP contribution in [-0.4, -0.2) is 50.8 Å². The fourth-order valence-electron chi connectivity index (χ4n) is 2.83. The molecule has 1 saturated heterocycles. The number of aliphatic hydroxyl groups excluding tert-OH is 1. The second-order valence-electron chi connectivity index (χ2n) is 5.58. The van der Waals surface area contributed by atoms with Gasteiger partial charge in [0.1, 0.15) is 6.10 Å². The van der Waals surface area contributed by atoms with Gasteiger partial charge in [-0.15, -0.1) is 0 Å². The molecule has 1 unspecified atom stereocenters. The summed E-state index contributed by atoms with van der Waals surface area (Å²) in [5.41, 5.74) is -0.208. The predicted octanol–water partition coefficient (Wildman–Crippen LogP) is 0.704. The summed E-state index contributed by atoms with van der Waals surface area (Å²) in [6.45, 7) is 15.2. The number of carbonyl (C=O) groups is 1. The van der Waals surface area contributed by atoms with Crippen LogP contribution in [-0.2, 0) is 50.0 Å². The maximum Gasteiger partial charge on any atom is 0 e. The molecule has 4 radical (unpaired) electrons. The van der Waals surface area contributed by atoms with Crippen LogP contribution in [0.3, 0.4) is 0 Å². The molecule has 1 atom stereocenters. The molecular weight excluding hydrogens is 426 g/mol. The Hall–Kier alpha value is -0.951. The fourth-order valence-corrected chi connectivity index (χ4v) is 2.83. The van der Waals surface area contributed by atoms with Crippen LogP contribution in [0.25, 0.3) is 0 Å².